The maximum atomic E-state index is 13.0. The summed E-state index contributed by atoms with van der Waals surface area (Å²) in [4.78, 5) is 0. The molecule has 3 nitrogen and oxygen atoms in total. The summed E-state index contributed by atoms with van der Waals surface area (Å²) < 4.78 is 34.6. The van der Waals surface area contributed by atoms with Gasteiger partial charge >= 0.3 is 0 Å². The Morgan fingerprint density at radius 3 is 2.59 bits per heavy atom. The summed E-state index contributed by atoms with van der Waals surface area (Å²) in [5, 5.41) is 9.96. The van der Waals surface area contributed by atoms with E-state index >= 15 is 0 Å². The SMILES string of the molecule is CCS(=O)(=O)[C@@](C)(Cl)[C@@H](O)c1cccc(F)c1. The minimum Gasteiger partial charge on any atom is -0.385 e. The van der Waals surface area contributed by atoms with Crippen molar-refractivity contribution in [2.24, 2.45) is 0 Å². The van der Waals surface area contributed by atoms with Gasteiger partial charge in [0.25, 0.3) is 0 Å². The number of hydrogen-bond donors (Lipinski definition) is 1. The average Bonchev–Trinajstić information content (AvgIpc) is 2.27. The van der Waals surface area contributed by atoms with Gasteiger partial charge in [0, 0.05) is 5.75 Å². The molecule has 0 saturated carbocycles. The van der Waals surface area contributed by atoms with Gasteiger partial charge in [-0.15, -0.1) is 0 Å². The van der Waals surface area contributed by atoms with Crippen LogP contribution in [0.1, 0.15) is 25.5 Å². The molecule has 0 fully saturated rings. The fourth-order valence-corrected chi connectivity index (χ4v) is 2.92. The van der Waals surface area contributed by atoms with Crippen LogP contribution in [0, 0.1) is 5.82 Å². The third-order valence-corrected chi connectivity index (χ3v) is 5.75. The monoisotopic (exact) mass is 280 g/mol. The number of alkyl halides is 1. The van der Waals surface area contributed by atoms with Gasteiger partial charge in [-0.05, 0) is 24.6 Å². The van der Waals surface area contributed by atoms with E-state index in [9.17, 15) is 17.9 Å². The Morgan fingerprint density at radius 1 is 1.53 bits per heavy atom. The third-order valence-electron chi connectivity index (χ3n) is 2.64. The molecule has 1 aromatic carbocycles. The topological polar surface area (TPSA) is 54.4 Å². The van der Waals surface area contributed by atoms with Gasteiger partial charge in [-0.25, -0.2) is 12.8 Å². The third kappa shape index (κ3) is 2.78. The first kappa shape index (κ1) is 14.4. The van der Waals surface area contributed by atoms with Gasteiger partial charge in [0.2, 0.25) is 0 Å². The molecular weight excluding hydrogens is 267 g/mol. The highest BCUT2D eigenvalue weighted by molar-refractivity contribution is 7.94. The zero-order chi connectivity index (χ0) is 13.3. The van der Waals surface area contributed by atoms with E-state index in [2.05, 4.69) is 0 Å². The molecule has 0 aliphatic heterocycles. The van der Waals surface area contributed by atoms with E-state index in [0.29, 0.717) is 0 Å². The number of rotatable bonds is 4. The Morgan fingerprint density at radius 2 is 2.12 bits per heavy atom. The van der Waals surface area contributed by atoms with Crippen molar-refractivity contribution in [1.82, 2.24) is 0 Å². The fourth-order valence-electron chi connectivity index (χ4n) is 1.43. The number of aliphatic hydroxyl groups is 1. The molecule has 96 valence electrons. The van der Waals surface area contributed by atoms with Gasteiger partial charge in [-0.2, -0.15) is 0 Å². The van der Waals surface area contributed by atoms with Gasteiger partial charge in [0.05, 0.1) is 0 Å². The van der Waals surface area contributed by atoms with Crippen molar-refractivity contribution in [3.05, 3.63) is 35.6 Å². The molecule has 17 heavy (non-hydrogen) atoms. The molecule has 1 rings (SSSR count). The van der Waals surface area contributed by atoms with Crippen LogP contribution in [-0.4, -0.2) is 23.5 Å². The molecule has 0 bridgehead atoms. The molecule has 0 spiro atoms. The van der Waals surface area contributed by atoms with E-state index in [0.717, 1.165) is 6.07 Å². The predicted molar refractivity (Wildman–Crippen MR) is 65.1 cm³/mol. The standard InChI is InChI=1S/C11H14ClFO3S/c1-3-17(15,16)11(2,12)10(14)8-5-4-6-9(13)7-8/h4-7,10,14H,3H2,1-2H3/t10-,11+/m0/s1. The summed E-state index contributed by atoms with van der Waals surface area (Å²) in [6, 6.07) is 5.09. The van der Waals surface area contributed by atoms with Crippen molar-refractivity contribution in [3.63, 3.8) is 0 Å². The zero-order valence-corrected chi connectivity index (χ0v) is 11.1. The van der Waals surface area contributed by atoms with Gasteiger partial charge in [-0.3, -0.25) is 0 Å². The van der Waals surface area contributed by atoms with Crippen molar-refractivity contribution < 1.29 is 17.9 Å². The molecule has 0 saturated heterocycles. The highest BCUT2D eigenvalue weighted by atomic mass is 35.5. The minimum absolute atomic E-state index is 0.138. The Kier molecular flexibility index (Phi) is 4.17. The number of hydrogen-bond acceptors (Lipinski definition) is 3. The summed E-state index contributed by atoms with van der Waals surface area (Å²) in [6.07, 6.45) is -1.48. The van der Waals surface area contributed by atoms with Gasteiger partial charge in [0.15, 0.2) is 14.0 Å². The molecule has 0 aliphatic carbocycles. The Balaban J connectivity index is 3.17. The van der Waals surface area contributed by atoms with E-state index in [1.54, 1.807) is 0 Å². The van der Waals surface area contributed by atoms with E-state index in [-0.39, 0.29) is 11.3 Å². The maximum absolute atomic E-state index is 13.0. The van der Waals surface area contributed by atoms with E-state index in [4.69, 9.17) is 11.6 Å². The first-order chi connectivity index (χ1) is 7.72. The lowest BCUT2D eigenvalue weighted by Gasteiger charge is -2.27. The Labute approximate surface area is 105 Å². The largest absolute Gasteiger partial charge is 0.385 e. The quantitative estimate of drug-likeness (QED) is 0.861. The second-order valence-electron chi connectivity index (χ2n) is 3.85. The summed E-state index contributed by atoms with van der Waals surface area (Å²) in [7, 11) is -3.66. The molecule has 0 heterocycles. The van der Waals surface area contributed by atoms with Crippen molar-refractivity contribution in [2.75, 3.05) is 5.75 Å². The highest BCUT2D eigenvalue weighted by Crippen LogP contribution is 2.37. The van der Waals surface area contributed by atoms with Crippen molar-refractivity contribution in [1.29, 1.82) is 0 Å². The lowest BCUT2D eigenvalue weighted by Crippen LogP contribution is -2.37. The van der Waals surface area contributed by atoms with Crippen LogP contribution in [0.25, 0.3) is 0 Å². The van der Waals surface area contributed by atoms with Crippen LogP contribution >= 0.6 is 11.6 Å². The van der Waals surface area contributed by atoms with Gasteiger partial charge < -0.3 is 5.11 Å². The van der Waals surface area contributed by atoms with Crippen molar-refractivity contribution >= 4 is 21.4 Å². The first-order valence-corrected chi connectivity index (χ1v) is 7.10. The molecule has 0 aliphatic rings. The highest BCUT2D eigenvalue weighted by Gasteiger charge is 2.43. The van der Waals surface area contributed by atoms with Crippen molar-refractivity contribution in [3.8, 4) is 0 Å². The molecule has 1 aromatic rings. The molecule has 1 N–H and O–H groups in total. The summed E-state index contributed by atoms with van der Waals surface area (Å²) in [5.74, 6) is -0.748. The average molecular weight is 281 g/mol. The summed E-state index contributed by atoms with van der Waals surface area (Å²) in [5.41, 5.74) is 0.138. The molecule has 0 radical (unpaired) electrons. The molecule has 0 unspecified atom stereocenters. The first-order valence-electron chi connectivity index (χ1n) is 5.07. The minimum atomic E-state index is -3.66. The van der Waals surface area contributed by atoms with Gasteiger partial charge in [0.1, 0.15) is 11.9 Å². The summed E-state index contributed by atoms with van der Waals surface area (Å²) in [6.45, 7) is 2.65. The van der Waals surface area contributed by atoms with Gasteiger partial charge in [-0.1, -0.05) is 30.7 Å². The number of sulfone groups is 1. The van der Waals surface area contributed by atoms with Crippen LogP contribution in [0.3, 0.4) is 0 Å². The lowest BCUT2D eigenvalue weighted by molar-refractivity contribution is 0.162. The second kappa shape index (κ2) is 4.92. The predicted octanol–water partition coefficient (Wildman–Crippen LogP) is 2.25. The number of benzene rings is 1. The normalized spacial score (nSPS) is 17.5. The van der Waals surface area contributed by atoms with E-state index in [1.807, 2.05) is 0 Å². The van der Waals surface area contributed by atoms with Crippen LogP contribution < -0.4 is 0 Å². The maximum Gasteiger partial charge on any atom is 0.172 e. The van der Waals surface area contributed by atoms with Crippen LogP contribution in [0.2, 0.25) is 0 Å². The van der Waals surface area contributed by atoms with E-state index in [1.165, 1.54) is 32.0 Å². The van der Waals surface area contributed by atoms with Crippen LogP contribution in [0.15, 0.2) is 24.3 Å². The van der Waals surface area contributed by atoms with Crippen LogP contribution in [0.4, 0.5) is 4.39 Å². The lowest BCUT2D eigenvalue weighted by atomic mass is 10.1. The number of halogens is 2. The molecule has 0 amide bonds. The second-order valence-corrected chi connectivity index (χ2v) is 7.51. The smallest absolute Gasteiger partial charge is 0.172 e. The van der Waals surface area contributed by atoms with Crippen molar-refractivity contribution in [2.45, 2.75) is 24.2 Å². The zero-order valence-electron chi connectivity index (χ0n) is 9.52. The Hall–Kier alpha value is -0.650. The number of aliphatic hydroxyl groups excluding tert-OH is 1. The molecule has 0 aromatic heterocycles. The molecule has 6 heteroatoms. The summed E-state index contributed by atoms with van der Waals surface area (Å²) >= 11 is 5.90. The van der Waals surface area contributed by atoms with Crippen LogP contribution in [-0.2, 0) is 9.84 Å². The fraction of sp³-hybridized carbons (Fsp3) is 0.455. The molecule has 2 atom stereocenters. The molecular formula is C11H14ClFO3S. The van der Waals surface area contributed by atoms with E-state index < -0.39 is 26.0 Å². The van der Waals surface area contributed by atoms with Crippen LogP contribution in [0.5, 0.6) is 0 Å². The Bertz CT molecular complexity index is 499.